The smallest absolute Gasteiger partial charge is 0.266 e. The van der Waals surface area contributed by atoms with E-state index in [9.17, 15) is 17.6 Å². The first-order valence-electron chi connectivity index (χ1n) is 13.0. The topological polar surface area (TPSA) is 84.2 Å². The number of azo groups is 1. The van der Waals surface area contributed by atoms with Crippen LogP contribution in [0.4, 0.5) is 29.2 Å². The van der Waals surface area contributed by atoms with Crippen molar-refractivity contribution >= 4 is 25.0 Å². The van der Waals surface area contributed by atoms with E-state index in [1.54, 1.807) is 23.4 Å². The molecule has 0 spiro atoms. The van der Waals surface area contributed by atoms with Crippen LogP contribution in [0.15, 0.2) is 53.0 Å². The molecule has 12 heteroatoms. The molecule has 1 saturated heterocycles. The van der Waals surface area contributed by atoms with Crippen molar-refractivity contribution in [1.29, 1.82) is 0 Å². The third kappa shape index (κ3) is 9.64. The predicted octanol–water partition coefficient (Wildman–Crippen LogP) is 7.43. The Morgan fingerprint density at radius 1 is 1.27 bits per heavy atom. The Kier molecular flexibility index (Phi) is 11.3. The number of nitrogens with zero attached hydrogens (tertiary/aromatic N) is 6. The van der Waals surface area contributed by atoms with E-state index in [0.29, 0.717) is 13.0 Å². The maximum absolute atomic E-state index is 12.5. The zero-order valence-corrected chi connectivity index (χ0v) is 24.1. The molecule has 4 rings (SSSR count). The number of benzene rings is 1. The van der Waals surface area contributed by atoms with Crippen LogP contribution >= 0.6 is 0 Å². The monoisotopic (exact) mass is 559 g/mol. The molecular formula is C28H38BF4N7. The number of hydrogen-bond donors (Lipinski definition) is 1. The van der Waals surface area contributed by atoms with Gasteiger partial charge >= 0.3 is 0 Å². The van der Waals surface area contributed by atoms with E-state index in [1.807, 2.05) is 45.2 Å². The van der Waals surface area contributed by atoms with Crippen molar-refractivity contribution in [1.82, 2.24) is 19.5 Å². The van der Waals surface area contributed by atoms with Gasteiger partial charge in [-0.05, 0) is 49.6 Å². The van der Waals surface area contributed by atoms with E-state index in [-0.39, 0.29) is 25.3 Å². The van der Waals surface area contributed by atoms with Crippen molar-refractivity contribution in [3.63, 3.8) is 0 Å². The van der Waals surface area contributed by atoms with Gasteiger partial charge in [-0.15, -0.1) is 5.10 Å². The predicted molar refractivity (Wildman–Crippen MR) is 154 cm³/mol. The van der Waals surface area contributed by atoms with Crippen LogP contribution in [0, 0.1) is 6.92 Å². The minimum Gasteiger partial charge on any atom is -0.369 e. The fourth-order valence-corrected chi connectivity index (χ4v) is 4.01. The lowest BCUT2D eigenvalue weighted by Crippen LogP contribution is -2.23. The lowest BCUT2D eigenvalue weighted by Gasteiger charge is -2.19. The summed E-state index contributed by atoms with van der Waals surface area (Å²) in [5.74, 6) is -2.25. The molecule has 0 bridgehead atoms. The van der Waals surface area contributed by atoms with Gasteiger partial charge in [-0.3, -0.25) is 0 Å². The molecule has 2 aromatic heterocycles. The maximum Gasteiger partial charge on any atom is 0.266 e. The molecule has 0 amide bonds. The third-order valence-electron chi connectivity index (χ3n) is 5.96. The summed E-state index contributed by atoms with van der Waals surface area (Å²) in [7, 11) is 7.87. The molecule has 0 atom stereocenters. The summed E-state index contributed by atoms with van der Waals surface area (Å²) in [4.78, 5) is 6.06. The number of nitrogen functional groups attached to an aromatic ring is 1. The summed E-state index contributed by atoms with van der Waals surface area (Å²) in [6, 6.07) is 8.10. The number of alkyl halides is 4. The Balaban J connectivity index is 0.000000307. The number of anilines is 1. The van der Waals surface area contributed by atoms with Gasteiger partial charge in [-0.2, -0.15) is 10.2 Å². The summed E-state index contributed by atoms with van der Waals surface area (Å²) >= 11 is 0. The normalized spacial score (nSPS) is 14.7. The molecule has 1 aliphatic rings. The lowest BCUT2D eigenvalue weighted by molar-refractivity contribution is 0.0152. The van der Waals surface area contributed by atoms with Crippen LogP contribution in [-0.2, 0) is 6.42 Å². The second-order valence-corrected chi connectivity index (χ2v) is 10.5. The van der Waals surface area contributed by atoms with Crippen molar-refractivity contribution in [2.24, 2.45) is 10.2 Å². The Hall–Kier alpha value is -3.44. The largest absolute Gasteiger partial charge is 0.369 e. The number of nitrogens with two attached hydrogens (primary N) is 1. The Morgan fingerprint density at radius 2 is 1.93 bits per heavy atom. The molecule has 216 valence electrons. The van der Waals surface area contributed by atoms with Gasteiger partial charge in [0.25, 0.3) is 5.92 Å². The van der Waals surface area contributed by atoms with E-state index < -0.39 is 17.7 Å². The highest BCUT2D eigenvalue weighted by Crippen LogP contribution is 2.34. The Morgan fingerprint density at radius 3 is 2.38 bits per heavy atom. The molecule has 0 aliphatic carbocycles. The second kappa shape index (κ2) is 13.8. The molecule has 7 nitrogen and oxygen atoms in total. The van der Waals surface area contributed by atoms with Crippen LogP contribution in [0.2, 0.25) is 5.31 Å². The van der Waals surface area contributed by atoms with Crippen molar-refractivity contribution < 1.29 is 17.6 Å². The number of likely N-dealkylation sites (tertiary alicyclic amines) is 1. The van der Waals surface area contributed by atoms with Crippen molar-refractivity contribution in [2.45, 2.75) is 71.5 Å². The van der Waals surface area contributed by atoms with E-state index in [4.69, 9.17) is 13.6 Å². The molecule has 3 aromatic rings. The van der Waals surface area contributed by atoms with Crippen LogP contribution in [0.25, 0.3) is 16.6 Å². The third-order valence-corrected chi connectivity index (χ3v) is 5.96. The first kappa shape index (κ1) is 32.8. The van der Waals surface area contributed by atoms with Gasteiger partial charge in [-0.25, -0.2) is 27.1 Å². The van der Waals surface area contributed by atoms with Gasteiger partial charge in [0.15, 0.2) is 0 Å². The van der Waals surface area contributed by atoms with Crippen LogP contribution in [0.5, 0.6) is 0 Å². The molecule has 0 unspecified atom stereocenters. The quantitative estimate of drug-likeness (QED) is 0.193. The second-order valence-electron chi connectivity index (χ2n) is 10.5. The number of fused-ring (bicyclic) bond motifs is 1. The summed E-state index contributed by atoms with van der Waals surface area (Å²) < 4.78 is 48.2. The zero-order chi connectivity index (χ0) is 30.3. The van der Waals surface area contributed by atoms with Crippen LogP contribution in [0.1, 0.15) is 51.8 Å². The summed E-state index contributed by atoms with van der Waals surface area (Å²) in [5.41, 5.74) is 12.4. The summed E-state index contributed by atoms with van der Waals surface area (Å²) in [6.45, 7) is 13.1. The average Bonchev–Trinajstić information content (AvgIpc) is 3.43. The summed E-state index contributed by atoms with van der Waals surface area (Å²) in [5, 5.41) is 11.9. The van der Waals surface area contributed by atoms with Crippen LogP contribution in [-0.4, -0.2) is 59.8 Å². The van der Waals surface area contributed by atoms with E-state index in [1.165, 1.54) is 6.92 Å². The first-order chi connectivity index (χ1) is 18.6. The highest BCUT2D eigenvalue weighted by atomic mass is 19.3. The van der Waals surface area contributed by atoms with E-state index >= 15 is 0 Å². The number of rotatable bonds is 6. The number of aromatic nitrogens is 3. The molecule has 3 heterocycles. The number of hydrogen-bond acceptors (Lipinski definition) is 6. The standard InChI is InChI=1S/C18H21BN6.C7H11F2N.C3H6F2/c1-11-9-12(5-6-14(11)23-21-4)13-7-8-25-16(13)15(10-18(2,3)19)22-17(20)24-25;1-6(2)10-4-3-7(8,9)5-10;1-2-3(4)5/h5-9H,10H2,1-4H3,(H2,20,24);1,3-5H2,2H3;3H,2H2,1H3. The molecule has 1 aliphatic heterocycles. The highest BCUT2D eigenvalue weighted by Gasteiger charge is 2.37. The molecule has 40 heavy (non-hydrogen) atoms. The lowest BCUT2D eigenvalue weighted by atomic mass is 9.69. The van der Waals surface area contributed by atoms with Gasteiger partial charge < -0.3 is 10.6 Å². The fraction of sp³-hybridized carbons (Fsp3) is 0.500. The number of allylic oxidation sites excluding steroid dienone is 1. The highest BCUT2D eigenvalue weighted by molar-refractivity contribution is 6.14. The zero-order valence-electron chi connectivity index (χ0n) is 24.1. The number of halogens is 4. The SMILES string of the molecule is C=C(C)N1CCC(F)(F)C1.CCC(F)F.[B]C(C)(C)Cc1nc(N)nn2ccc(-c3ccc(N=NC)c(C)c3)c12. The Bertz CT molecular complexity index is 1320. The molecule has 2 N–H and O–H groups in total. The van der Waals surface area contributed by atoms with Gasteiger partial charge in [0.2, 0.25) is 12.4 Å². The fourth-order valence-electron chi connectivity index (χ4n) is 4.01. The van der Waals surface area contributed by atoms with Crippen molar-refractivity contribution in [2.75, 3.05) is 25.9 Å². The minimum atomic E-state index is -2.49. The van der Waals surface area contributed by atoms with Crippen LogP contribution in [0.3, 0.4) is 0 Å². The molecule has 1 fully saturated rings. The van der Waals surface area contributed by atoms with Crippen molar-refractivity contribution in [3.8, 4) is 11.1 Å². The Labute approximate surface area is 235 Å². The molecule has 1 aromatic carbocycles. The molecule has 0 saturated carbocycles. The first-order valence-corrected chi connectivity index (χ1v) is 13.0. The van der Waals surface area contributed by atoms with Crippen LogP contribution < -0.4 is 5.73 Å². The number of aryl methyl sites for hydroxylation is 1. The van der Waals surface area contributed by atoms with Gasteiger partial charge in [0.05, 0.1) is 31.3 Å². The molecular weight excluding hydrogens is 521 g/mol. The summed E-state index contributed by atoms with van der Waals surface area (Å²) in [6.07, 6.45) is 0.321. The van der Waals surface area contributed by atoms with Crippen molar-refractivity contribution in [3.05, 3.63) is 54.0 Å². The minimum absolute atomic E-state index is 0.0278. The molecule has 2 radical (unpaired) electrons. The maximum atomic E-state index is 12.5. The van der Waals surface area contributed by atoms with E-state index in [2.05, 4.69) is 33.0 Å². The van der Waals surface area contributed by atoms with E-state index in [0.717, 1.165) is 39.3 Å². The van der Waals surface area contributed by atoms with Gasteiger partial charge in [0.1, 0.15) is 0 Å². The average molecular weight is 559 g/mol. The van der Waals surface area contributed by atoms with Gasteiger partial charge in [-0.1, -0.05) is 38.7 Å². The van der Waals surface area contributed by atoms with Gasteiger partial charge in [0, 0.05) is 43.9 Å².